The van der Waals surface area contributed by atoms with E-state index < -0.39 is 8.38 Å². The molecule has 2 unspecified atom stereocenters. The number of amides is 2. The third-order valence-electron chi connectivity index (χ3n) is 4.67. The van der Waals surface area contributed by atoms with Crippen LogP contribution in [0.1, 0.15) is 23.2 Å². The number of urea groups is 1. The Morgan fingerprint density at radius 2 is 1.25 bits per heavy atom. The van der Waals surface area contributed by atoms with Crippen LogP contribution < -0.4 is 9.05 Å². The first-order chi connectivity index (χ1) is 11.6. The van der Waals surface area contributed by atoms with Gasteiger partial charge in [0.2, 0.25) is 0 Å². The van der Waals surface area contributed by atoms with Crippen LogP contribution in [0.3, 0.4) is 0 Å². The molecule has 4 rings (SSSR count). The smallest absolute Gasteiger partial charge is 0.320 e. The van der Waals surface area contributed by atoms with Gasteiger partial charge < -0.3 is 18.8 Å². The Balaban J connectivity index is 1.97. The highest BCUT2D eigenvalue weighted by atomic mass is 31.2. The lowest BCUT2D eigenvalue weighted by Crippen LogP contribution is -2.27. The number of fused-ring (bicyclic) bond motifs is 5. The molecule has 2 aromatic carbocycles. The highest BCUT2D eigenvalue weighted by Gasteiger charge is 2.46. The lowest BCUT2D eigenvalue weighted by atomic mass is 9.92. The zero-order chi connectivity index (χ0) is 16.8. The summed E-state index contributed by atoms with van der Waals surface area (Å²) in [6, 6.07) is 15.6. The molecule has 2 aromatic rings. The second-order valence-electron chi connectivity index (χ2n) is 6.09. The minimum atomic E-state index is -1.11. The third kappa shape index (κ3) is 2.23. The number of nitrogens with zero attached hydrogens (tertiary/aromatic N) is 2. The third-order valence-corrected chi connectivity index (χ3v) is 5.57. The van der Waals surface area contributed by atoms with Gasteiger partial charge in [0.25, 0.3) is 8.38 Å². The van der Waals surface area contributed by atoms with Crippen LogP contribution in [-0.2, 0) is 0 Å². The SMILES string of the molecule is CN1C(=O)N(C)C2c3ccccc3OP(C)Oc3ccccc3C21. The van der Waals surface area contributed by atoms with Crippen molar-refractivity contribution in [3.8, 4) is 11.5 Å². The van der Waals surface area contributed by atoms with Gasteiger partial charge in [-0.2, -0.15) is 0 Å². The van der Waals surface area contributed by atoms with Gasteiger partial charge in [-0.05, 0) is 12.1 Å². The molecule has 0 N–H and O–H groups in total. The van der Waals surface area contributed by atoms with E-state index in [1.807, 2.05) is 69.3 Å². The Hall–Kier alpha value is -2.26. The van der Waals surface area contributed by atoms with Crippen LogP contribution in [0.4, 0.5) is 4.79 Å². The van der Waals surface area contributed by atoms with E-state index in [4.69, 9.17) is 9.05 Å². The summed E-state index contributed by atoms with van der Waals surface area (Å²) >= 11 is 0. The van der Waals surface area contributed by atoms with E-state index in [2.05, 4.69) is 0 Å². The molecule has 0 saturated carbocycles. The average molecular weight is 342 g/mol. The molecule has 124 valence electrons. The van der Waals surface area contributed by atoms with Crippen LogP contribution in [0, 0.1) is 0 Å². The Bertz CT molecular complexity index is 734. The Kier molecular flexibility index (Phi) is 3.61. The second kappa shape index (κ2) is 5.67. The maximum Gasteiger partial charge on any atom is 0.320 e. The standard InChI is InChI=1S/C18H19N2O3P/c1-19-16-12-8-4-6-10-14(12)22-24(3)23-15-11-7-5-9-13(15)17(16)20(2)18(19)21/h4-11,16-17H,1-3H3. The zero-order valence-corrected chi connectivity index (χ0v) is 14.7. The number of carbonyl (C=O) groups is 1. The van der Waals surface area contributed by atoms with Crippen molar-refractivity contribution in [2.45, 2.75) is 12.1 Å². The van der Waals surface area contributed by atoms with Gasteiger partial charge in [0.1, 0.15) is 11.5 Å². The first-order valence-electron chi connectivity index (χ1n) is 7.85. The molecule has 0 bridgehead atoms. The monoisotopic (exact) mass is 342 g/mol. The van der Waals surface area contributed by atoms with Crippen molar-refractivity contribution < 1.29 is 13.8 Å². The lowest BCUT2D eigenvalue weighted by molar-refractivity contribution is 0.199. The highest BCUT2D eigenvalue weighted by molar-refractivity contribution is 7.47. The number of benzene rings is 2. The number of carbonyl (C=O) groups excluding carboxylic acids is 1. The van der Waals surface area contributed by atoms with Crippen molar-refractivity contribution in [1.82, 2.24) is 9.80 Å². The minimum Gasteiger partial charge on any atom is -0.438 e. The highest BCUT2D eigenvalue weighted by Crippen LogP contribution is 2.52. The van der Waals surface area contributed by atoms with Gasteiger partial charge in [-0.3, -0.25) is 0 Å². The number of likely N-dealkylation sites (N-methyl/N-ethyl adjacent to an activating group) is 2. The van der Waals surface area contributed by atoms with Gasteiger partial charge in [0.15, 0.2) is 0 Å². The van der Waals surface area contributed by atoms with E-state index in [9.17, 15) is 4.79 Å². The Labute approximate surface area is 142 Å². The molecule has 0 aliphatic carbocycles. The van der Waals surface area contributed by atoms with Gasteiger partial charge in [-0.1, -0.05) is 36.4 Å². The van der Waals surface area contributed by atoms with E-state index in [1.54, 1.807) is 9.80 Å². The predicted octanol–water partition coefficient (Wildman–Crippen LogP) is 4.18. The molecule has 2 atom stereocenters. The van der Waals surface area contributed by atoms with Crippen molar-refractivity contribution in [3.63, 3.8) is 0 Å². The van der Waals surface area contributed by atoms with Crippen molar-refractivity contribution in [2.75, 3.05) is 20.8 Å². The van der Waals surface area contributed by atoms with Crippen LogP contribution in [0.5, 0.6) is 11.5 Å². The molecular formula is C18H19N2O3P. The van der Waals surface area contributed by atoms with Crippen molar-refractivity contribution >= 4 is 14.4 Å². The number of hydrogen-bond donors (Lipinski definition) is 0. The molecular weight excluding hydrogens is 323 g/mol. The van der Waals surface area contributed by atoms with Gasteiger partial charge in [0.05, 0.1) is 12.1 Å². The molecule has 0 spiro atoms. The van der Waals surface area contributed by atoms with Crippen molar-refractivity contribution in [3.05, 3.63) is 59.7 Å². The second-order valence-corrected chi connectivity index (χ2v) is 7.34. The number of hydrogen-bond acceptors (Lipinski definition) is 3. The van der Waals surface area contributed by atoms with Gasteiger partial charge in [-0.25, -0.2) is 4.79 Å². The van der Waals surface area contributed by atoms with Gasteiger partial charge in [0, 0.05) is 31.9 Å². The fraction of sp³-hybridized carbons (Fsp3) is 0.278. The van der Waals surface area contributed by atoms with Gasteiger partial charge >= 0.3 is 6.03 Å². The van der Waals surface area contributed by atoms with Crippen molar-refractivity contribution in [1.29, 1.82) is 0 Å². The summed E-state index contributed by atoms with van der Waals surface area (Å²) < 4.78 is 12.2. The molecule has 6 heteroatoms. The molecule has 2 aliphatic heterocycles. The topological polar surface area (TPSA) is 42.0 Å². The molecule has 5 nitrogen and oxygen atoms in total. The zero-order valence-electron chi connectivity index (χ0n) is 13.8. The number of para-hydroxylation sites is 2. The van der Waals surface area contributed by atoms with Crippen LogP contribution in [0.25, 0.3) is 0 Å². The van der Waals surface area contributed by atoms with Crippen LogP contribution in [0.2, 0.25) is 0 Å². The summed E-state index contributed by atoms with van der Waals surface area (Å²) in [7, 11) is 2.58. The summed E-state index contributed by atoms with van der Waals surface area (Å²) in [5.41, 5.74) is 2.02. The molecule has 24 heavy (non-hydrogen) atoms. The van der Waals surface area contributed by atoms with E-state index in [1.165, 1.54) is 0 Å². The quantitative estimate of drug-likeness (QED) is 0.675. The van der Waals surface area contributed by atoms with Crippen molar-refractivity contribution in [2.24, 2.45) is 0 Å². The summed E-state index contributed by atoms with van der Waals surface area (Å²) in [6.07, 6.45) is 0. The van der Waals surface area contributed by atoms with E-state index in [-0.39, 0.29) is 18.1 Å². The molecule has 2 heterocycles. The van der Waals surface area contributed by atoms with E-state index >= 15 is 0 Å². The molecule has 0 aromatic heterocycles. The fourth-order valence-electron chi connectivity index (χ4n) is 3.58. The lowest BCUT2D eigenvalue weighted by Gasteiger charge is -2.26. The van der Waals surface area contributed by atoms with Crippen LogP contribution >= 0.6 is 8.38 Å². The maximum absolute atomic E-state index is 12.6. The first kappa shape index (κ1) is 15.3. The Morgan fingerprint density at radius 1 is 0.833 bits per heavy atom. The van der Waals surface area contributed by atoms with Crippen LogP contribution in [0.15, 0.2) is 48.5 Å². The average Bonchev–Trinajstić information content (AvgIpc) is 2.82. The predicted molar refractivity (Wildman–Crippen MR) is 93.4 cm³/mol. The molecule has 1 saturated heterocycles. The van der Waals surface area contributed by atoms with E-state index in [0.29, 0.717) is 0 Å². The largest absolute Gasteiger partial charge is 0.438 e. The molecule has 2 aliphatic rings. The normalized spacial score (nSPS) is 25.5. The summed E-state index contributed by atoms with van der Waals surface area (Å²) in [6.45, 7) is 1.95. The Morgan fingerprint density at radius 3 is 1.71 bits per heavy atom. The first-order valence-corrected chi connectivity index (χ1v) is 9.47. The minimum absolute atomic E-state index is 0.00561. The molecule has 1 fully saturated rings. The summed E-state index contributed by atoms with van der Waals surface area (Å²) in [5, 5.41) is 0. The summed E-state index contributed by atoms with van der Waals surface area (Å²) in [4.78, 5) is 16.2. The van der Waals surface area contributed by atoms with Crippen LogP contribution in [-0.4, -0.2) is 36.6 Å². The van der Waals surface area contributed by atoms with E-state index in [0.717, 1.165) is 22.6 Å². The maximum atomic E-state index is 12.6. The fourth-order valence-corrected chi connectivity index (χ4v) is 4.50. The molecule has 0 radical (unpaired) electrons. The van der Waals surface area contributed by atoms with Gasteiger partial charge in [-0.15, -0.1) is 0 Å². The summed E-state index contributed by atoms with van der Waals surface area (Å²) in [5.74, 6) is 1.56. The molecule has 2 amide bonds. The number of rotatable bonds is 0.